The van der Waals surface area contributed by atoms with Crippen LogP contribution < -0.4 is 5.32 Å². The number of hydrogen-bond donors (Lipinski definition) is 1. The Morgan fingerprint density at radius 1 is 1.61 bits per heavy atom. The molecule has 100 valence electrons. The van der Waals surface area contributed by atoms with Gasteiger partial charge in [-0.1, -0.05) is 0 Å². The van der Waals surface area contributed by atoms with Gasteiger partial charge in [-0.3, -0.25) is 4.79 Å². The van der Waals surface area contributed by atoms with Crippen LogP contribution in [0.3, 0.4) is 0 Å². The van der Waals surface area contributed by atoms with Crippen molar-refractivity contribution in [3.8, 4) is 0 Å². The van der Waals surface area contributed by atoms with Gasteiger partial charge in [-0.25, -0.2) is 0 Å². The van der Waals surface area contributed by atoms with Crippen LogP contribution in [0, 0.1) is 3.57 Å². The molecule has 1 N–H and O–H groups in total. The van der Waals surface area contributed by atoms with Crippen LogP contribution in [0.15, 0.2) is 22.7 Å². The average Bonchev–Trinajstić information content (AvgIpc) is 2.32. The number of halogens is 3. The van der Waals surface area contributed by atoms with Crippen molar-refractivity contribution in [2.45, 2.75) is 11.8 Å². The second-order valence-corrected chi connectivity index (χ2v) is 6.44. The molecule has 0 radical (unpaired) electrons. The van der Waals surface area contributed by atoms with Crippen LogP contribution in [-0.4, -0.2) is 31.5 Å². The molecule has 1 atom stereocenters. The topological polar surface area (TPSA) is 38.3 Å². The van der Waals surface area contributed by atoms with E-state index in [2.05, 4.69) is 43.8 Å². The first kappa shape index (κ1) is 16.2. The molecule has 3 nitrogen and oxygen atoms in total. The number of rotatable bonds is 6. The molecule has 1 unspecified atom stereocenters. The summed E-state index contributed by atoms with van der Waals surface area (Å²) in [6.45, 7) is 1.03. The Balaban J connectivity index is 2.48. The van der Waals surface area contributed by atoms with E-state index < -0.39 is 0 Å². The van der Waals surface area contributed by atoms with Gasteiger partial charge in [-0.2, -0.15) is 0 Å². The number of carbonyl (C=O) groups excluding carboxylic acids is 1. The highest BCUT2D eigenvalue weighted by atomic mass is 127. The number of benzene rings is 1. The molecule has 1 aromatic rings. The Bertz CT molecular complexity index is 417. The normalized spacial score (nSPS) is 12.2. The van der Waals surface area contributed by atoms with Crippen LogP contribution >= 0.6 is 50.1 Å². The van der Waals surface area contributed by atoms with E-state index in [9.17, 15) is 4.79 Å². The number of ether oxygens (including phenoxy) is 1. The van der Waals surface area contributed by atoms with E-state index in [-0.39, 0.29) is 11.3 Å². The Kier molecular flexibility index (Phi) is 7.51. The molecule has 1 amide bonds. The fourth-order valence-electron chi connectivity index (χ4n) is 1.37. The van der Waals surface area contributed by atoms with Crippen LogP contribution in [0.2, 0.25) is 0 Å². The van der Waals surface area contributed by atoms with Gasteiger partial charge in [-0.15, -0.1) is 11.6 Å². The Hall–Kier alpha value is 0.150. The van der Waals surface area contributed by atoms with Gasteiger partial charge in [0.05, 0.1) is 17.5 Å². The molecule has 0 heterocycles. The first-order chi connectivity index (χ1) is 8.54. The molecule has 1 aromatic carbocycles. The highest BCUT2D eigenvalue weighted by molar-refractivity contribution is 14.1. The van der Waals surface area contributed by atoms with Crippen molar-refractivity contribution in [3.63, 3.8) is 0 Å². The molecule has 0 spiro atoms. The molecule has 6 heteroatoms. The summed E-state index contributed by atoms with van der Waals surface area (Å²) in [5.74, 6) is -0.0957. The van der Waals surface area contributed by atoms with E-state index in [1.54, 1.807) is 7.11 Å². The Morgan fingerprint density at radius 2 is 2.33 bits per heavy atom. The maximum Gasteiger partial charge on any atom is 0.252 e. The number of hydrogen-bond acceptors (Lipinski definition) is 2. The molecule has 0 aliphatic rings. The molecule has 0 aromatic heterocycles. The highest BCUT2D eigenvalue weighted by Crippen LogP contribution is 2.19. The fourth-order valence-corrected chi connectivity index (χ4v) is 2.53. The first-order valence-electron chi connectivity index (χ1n) is 5.41. The molecule has 0 bridgehead atoms. The van der Waals surface area contributed by atoms with Crippen LogP contribution in [0.25, 0.3) is 0 Å². The predicted octanol–water partition coefficient (Wildman–Crippen LogP) is 3.43. The van der Waals surface area contributed by atoms with Crippen molar-refractivity contribution in [3.05, 3.63) is 31.8 Å². The summed E-state index contributed by atoms with van der Waals surface area (Å²) in [6.07, 6.45) is 0.683. The number of methoxy groups -OCH3 is 1. The largest absolute Gasteiger partial charge is 0.383 e. The molecule has 18 heavy (non-hydrogen) atoms. The smallest absolute Gasteiger partial charge is 0.252 e. The van der Waals surface area contributed by atoms with Crippen LogP contribution in [0.5, 0.6) is 0 Å². The zero-order valence-electron chi connectivity index (χ0n) is 9.88. The van der Waals surface area contributed by atoms with Gasteiger partial charge in [0.2, 0.25) is 0 Å². The third kappa shape index (κ3) is 5.42. The zero-order chi connectivity index (χ0) is 13.5. The summed E-state index contributed by atoms with van der Waals surface area (Å²) in [5.41, 5.74) is 0.639. The molecule has 0 fully saturated rings. The van der Waals surface area contributed by atoms with E-state index in [1.807, 2.05) is 18.2 Å². The molecular formula is C12H14BrClINO2. The molecular weight excluding hydrogens is 432 g/mol. The summed E-state index contributed by atoms with van der Waals surface area (Å²) < 4.78 is 6.74. The van der Waals surface area contributed by atoms with Crippen molar-refractivity contribution in [1.82, 2.24) is 5.32 Å². The van der Waals surface area contributed by atoms with Crippen molar-refractivity contribution in [1.29, 1.82) is 0 Å². The van der Waals surface area contributed by atoms with Crippen molar-refractivity contribution in [2.75, 3.05) is 20.3 Å². The van der Waals surface area contributed by atoms with Gasteiger partial charge < -0.3 is 10.1 Å². The summed E-state index contributed by atoms with van der Waals surface area (Å²) in [4.78, 5) is 11.9. The summed E-state index contributed by atoms with van der Waals surface area (Å²) in [6, 6.07) is 5.65. The van der Waals surface area contributed by atoms with Crippen molar-refractivity contribution < 1.29 is 9.53 Å². The van der Waals surface area contributed by atoms with Crippen molar-refractivity contribution >= 4 is 56.0 Å². The molecule has 1 rings (SSSR count). The quantitative estimate of drug-likeness (QED) is 0.537. The lowest BCUT2D eigenvalue weighted by Gasteiger charge is -2.10. The van der Waals surface area contributed by atoms with Gasteiger partial charge in [-0.05, 0) is 63.1 Å². The maximum absolute atomic E-state index is 11.9. The van der Waals surface area contributed by atoms with Crippen LogP contribution in [-0.2, 0) is 4.74 Å². The zero-order valence-corrected chi connectivity index (χ0v) is 14.4. The second-order valence-electron chi connectivity index (χ2n) is 3.72. The number of alkyl halides is 1. The lowest BCUT2D eigenvalue weighted by molar-refractivity contribution is 0.0951. The van der Waals surface area contributed by atoms with Gasteiger partial charge in [0.1, 0.15) is 0 Å². The monoisotopic (exact) mass is 445 g/mol. The third-order valence-electron chi connectivity index (χ3n) is 2.26. The van der Waals surface area contributed by atoms with E-state index in [4.69, 9.17) is 16.3 Å². The second kappa shape index (κ2) is 8.35. The highest BCUT2D eigenvalue weighted by Gasteiger charge is 2.11. The molecule has 0 aliphatic heterocycles. The average molecular weight is 447 g/mol. The minimum atomic E-state index is -0.0957. The van der Waals surface area contributed by atoms with Gasteiger partial charge in [0.25, 0.3) is 5.91 Å². The van der Waals surface area contributed by atoms with Gasteiger partial charge >= 0.3 is 0 Å². The number of carbonyl (C=O) groups is 1. The lowest BCUT2D eigenvalue weighted by atomic mass is 10.2. The van der Waals surface area contributed by atoms with Crippen molar-refractivity contribution in [2.24, 2.45) is 0 Å². The Labute approximate surface area is 134 Å². The summed E-state index contributed by atoms with van der Waals surface area (Å²) in [7, 11) is 1.61. The molecule has 0 saturated heterocycles. The standard InChI is InChI=1S/C12H14BrClINO2/c1-18-7-8(14)4-5-16-12(17)10-6-9(15)2-3-11(10)13/h2-3,6,8H,4-5,7H2,1H3,(H,16,17). The van der Waals surface area contributed by atoms with Crippen LogP contribution in [0.4, 0.5) is 0 Å². The number of amides is 1. The minimum absolute atomic E-state index is 0.0744. The Morgan fingerprint density at radius 3 is 3.00 bits per heavy atom. The summed E-state index contributed by atoms with van der Waals surface area (Å²) in [5, 5.41) is 2.77. The van der Waals surface area contributed by atoms with Crippen LogP contribution in [0.1, 0.15) is 16.8 Å². The lowest BCUT2D eigenvalue weighted by Crippen LogP contribution is -2.27. The summed E-state index contributed by atoms with van der Waals surface area (Å²) >= 11 is 11.5. The fraction of sp³-hybridized carbons (Fsp3) is 0.417. The first-order valence-corrected chi connectivity index (χ1v) is 7.71. The van der Waals surface area contributed by atoms with E-state index >= 15 is 0 Å². The molecule has 0 saturated carbocycles. The van der Waals surface area contributed by atoms with E-state index in [0.717, 1.165) is 8.04 Å². The van der Waals surface area contributed by atoms with Gasteiger partial charge in [0, 0.05) is 21.7 Å². The third-order valence-corrected chi connectivity index (χ3v) is 3.97. The minimum Gasteiger partial charge on any atom is -0.383 e. The van der Waals surface area contributed by atoms with E-state index in [0.29, 0.717) is 25.1 Å². The van der Waals surface area contributed by atoms with Gasteiger partial charge in [0.15, 0.2) is 0 Å². The molecule has 0 aliphatic carbocycles. The SMILES string of the molecule is COCC(Cl)CCNC(=O)c1cc(I)ccc1Br. The predicted molar refractivity (Wildman–Crippen MR) is 85.3 cm³/mol. The number of nitrogens with one attached hydrogen (secondary N) is 1. The van der Waals surface area contributed by atoms with E-state index in [1.165, 1.54) is 0 Å². The maximum atomic E-state index is 11.9.